The molecule has 0 saturated carbocycles. The van der Waals surface area contributed by atoms with Crippen LogP contribution in [0, 0.1) is 0 Å². The van der Waals surface area contributed by atoms with Gasteiger partial charge in [-0.05, 0) is 19.2 Å². The highest BCUT2D eigenvalue weighted by Crippen LogP contribution is 1.93. The van der Waals surface area contributed by atoms with Crippen molar-refractivity contribution < 1.29 is 12.6 Å². The summed E-state index contributed by atoms with van der Waals surface area (Å²) in [6.07, 6.45) is 9.69. The number of aliphatic carboxylic acids is 1. The predicted octanol–water partition coefficient (Wildman–Crippen LogP) is 3.32. The molecule has 0 amide bonds. The van der Waals surface area contributed by atoms with Crippen molar-refractivity contribution in [1.29, 1.82) is 0 Å². The van der Waals surface area contributed by atoms with E-state index in [4.69, 9.17) is 7.85 Å². The van der Waals surface area contributed by atoms with Crippen molar-refractivity contribution in [1.82, 2.24) is 0 Å². The average Bonchev–Trinajstić information content (AvgIpc) is 2.20. The zero-order chi connectivity index (χ0) is 12.4. The number of hydrogen-bond donors (Lipinski definition) is 1. The third-order valence-electron chi connectivity index (χ3n) is 1.40. The summed E-state index contributed by atoms with van der Waals surface area (Å²) < 4.78 is 15.1. The average molecular weight is 196 g/mol. The van der Waals surface area contributed by atoms with E-state index in [0.717, 1.165) is 6.42 Å². The Morgan fingerprint density at radius 3 is 2.50 bits per heavy atom. The molecule has 0 spiro atoms. The maximum atomic E-state index is 10.2. The van der Waals surface area contributed by atoms with Crippen molar-refractivity contribution in [3.63, 3.8) is 0 Å². The molecule has 78 valence electrons. The van der Waals surface area contributed by atoms with Crippen LogP contribution in [0.1, 0.15) is 35.3 Å². The van der Waals surface area contributed by atoms with Crippen LogP contribution in [0.5, 0.6) is 0 Å². The fourth-order valence-electron chi connectivity index (χ4n) is 0.736. The molecule has 0 aliphatic carbocycles. The van der Waals surface area contributed by atoms with Crippen LogP contribution in [0.3, 0.4) is 0 Å². The van der Waals surface area contributed by atoms with Gasteiger partial charge in [-0.1, -0.05) is 43.4 Å². The van der Waals surface area contributed by atoms with Gasteiger partial charge in [0.05, 0.1) is 6.42 Å². The van der Waals surface area contributed by atoms with Crippen LogP contribution in [0.4, 0.5) is 0 Å². The van der Waals surface area contributed by atoms with Gasteiger partial charge in [0.2, 0.25) is 0 Å². The molecule has 0 bridgehead atoms. The van der Waals surface area contributed by atoms with Crippen molar-refractivity contribution in [2.75, 3.05) is 0 Å². The van der Waals surface area contributed by atoms with Crippen molar-refractivity contribution >= 4 is 5.97 Å². The Balaban J connectivity index is 3.95. The SMILES string of the molecule is [2H]C([2H])(/C=C\CC)/C=C\C/C=C\CC(=O)O. The first-order valence-corrected chi connectivity index (χ1v) is 4.70. The van der Waals surface area contributed by atoms with E-state index < -0.39 is 12.3 Å². The standard InChI is InChI=1S/C12H18O2/c1-2-3-4-5-6-7-8-9-10-11-12(13)14/h3-4,6-7,9-10H,2,5,8,11H2,1H3,(H,13,14)/b4-3-,7-6-,10-9-/i5D2. The molecule has 0 aliphatic heterocycles. The zero-order valence-corrected chi connectivity index (χ0v) is 8.44. The van der Waals surface area contributed by atoms with Gasteiger partial charge in [-0.25, -0.2) is 0 Å². The van der Waals surface area contributed by atoms with Crippen LogP contribution < -0.4 is 0 Å². The third kappa shape index (κ3) is 10.7. The van der Waals surface area contributed by atoms with E-state index in [0.29, 0.717) is 6.42 Å². The molecule has 14 heavy (non-hydrogen) atoms. The first-order chi connectivity index (χ1) is 7.48. The van der Waals surface area contributed by atoms with Crippen LogP contribution in [-0.2, 0) is 4.79 Å². The van der Waals surface area contributed by atoms with Gasteiger partial charge in [0.25, 0.3) is 0 Å². The second-order valence-electron chi connectivity index (χ2n) is 2.68. The summed E-state index contributed by atoms with van der Waals surface area (Å²) in [5.41, 5.74) is 0. The molecular weight excluding hydrogens is 176 g/mol. The Bertz CT molecular complexity index is 291. The predicted molar refractivity (Wildman–Crippen MR) is 59.2 cm³/mol. The monoisotopic (exact) mass is 196 g/mol. The van der Waals surface area contributed by atoms with E-state index in [1.807, 2.05) is 6.92 Å². The van der Waals surface area contributed by atoms with Crippen LogP contribution >= 0.6 is 0 Å². The van der Waals surface area contributed by atoms with Gasteiger partial charge < -0.3 is 5.11 Å². The van der Waals surface area contributed by atoms with Crippen molar-refractivity contribution in [2.45, 2.75) is 32.6 Å². The fraction of sp³-hybridized carbons (Fsp3) is 0.417. The second kappa shape index (κ2) is 9.78. The Kier molecular flexibility index (Phi) is 6.46. The molecule has 0 radical (unpaired) electrons. The molecular formula is C12H18O2. The van der Waals surface area contributed by atoms with E-state index >= 15 is 0 Å². The topological polar surface area (TPSA) is 37.3 Å². The van der Waals surface area contributed by atoms with Crippen LogP contribution in [0.15, 0.2) is 36.5 Å². The number of allylic oxidation sites excluding steroid dienone is 5. The second-order valence-corrected chi connectivity index (χ2v) is 2.68. The van der Waals surface area contributed by atoms with Gasteiger partial charge in [0.15, 0.2) is 0 Å². The lowest BCUT2D eigenvalue weighted by Crippen LogP contribution is -1.89. The van der Waals surface area contributed by atoms with Crippen molar-refractivity contribution in [2.24, 2.45) is 0 Å². The first kappa shape index (κ1) is 9.25. The molecule has 1 N–H and O–H groups in total. The van der Waals surface area contributed by atoms with E-state index in [1.165, 1.54) is 12.2 Å². The molecule has 0 aliphatic rings. The van der Waals surface area contributed by atoms with E-state index in [9.17, 15) is 4.79 Å². The highest BCUT2D eigenvalue weighted by Gasteiger charge is 1.86. The Labute approximate surface area is 88.5 Å². The molecule has 0 saturated heterocycles. The molecule has 0 aromatic rings. The first-order valence-electron chi connectivity index (χ1n) is 5.70. The molecule has 0 aromatic carbocycles. The molecule has 0 fully saturated rings. The molecule has 2 nitrogen and oxygen atoms in total. The summed E-state index contributed by atoms with van der Waals surface area (Å²) in [5, 5.41) is 8.36. The van der Waals surface area contributed by atoms with Crippen molar-refractivity contribution in [3.8, 4) is 0 Å². The quantitative estimate of drug-likeness (QED) is 0.634. The van der Waals surface area contributed by atoms with Gasteiger partial charge in [-0.2, -0.15) is 0 Å². The maximum Gasteiger partial charge on any atom is 0.307 e. The highest BCUT2D eigenvalue weighted by molar-refractivity contribution is 5.68. The zero-order valence-electron chi connectivity index (χ0n) is 10.4. The minimum absolute atomic E-state index is 0.0104. The summed E-state index contributed by atoms with van der Waals surface area (Å²) in [5.74, 6) is -0.860. The van der Waals surface area contributed by atoms with Gasteiger partial charge >= 0.3 is 5.97 Å². The summed E-state index contributed by atoms with van der Waals surface area (Å²) in [6.45, 7) is 1.95. The van der Waals surface area contributed by atoms with E-state index in [2.05, 4.69) is 0 Å². The smallest absolute Gasteiger partial charge is 0.307 e. The summed E-state index contributed by atoms with van der Waals surface area (Å²) in [6, 6.07) is 0. The van der Waals surface area contributed by atoms with Gasteiger partial charge in [-0.15, -0.1) is 0 Å². The minimum Gasteiger partial charge on any atom is -0.481 e. The normalized spacial score (nSPS) is 15.2. The van der Waals surface area contributed by atoms with Crippen LogP contribution in [-0.4, -0.2) is 11.1 Å². The summed E-state index contributed by atoms with van der Waals surface area (Å²) in [7, 11) is 0. The third-order valence-corrected chi connectivity index (χ3v) is 1.40. The van der Waals surface area contributed by atoms with E-state index in [1.54, 1.807) is 24.3 Å². The molecule has 0 unspecified atom stereocenters. The molecule has 0 aromatic heterocycles. The fourth-order valence-corrected chi connectivity index (χ4v) is 0.736. The molecule has 0 heterocycles. The molecule has 2 heteroatoms. The van der Waals surface area contributed by atoms with E-state index in [-0.39, 0.29) is 6.42 Å². The number of carbonyl (C=O) groups is 1. The van der Waals surface area contributed by atoms with Crippen LogP contribution in [0.2, 0.25) is 0 Å². The van der Waals surface area contributed by atoms with Crippen LogP contribution in [0.25, 0.3) is 0 Å². The highest BCUT2D eigenvalue weighted by atomic mass is 16.4. The Morgan fingerprint density at radius 1 is 1.21 bits per heavy atom. The lowest BCUT2D eigenvalue weighted by Gasteiger charge is -1.84. The van der Waals surface area contributed by atoms with Gasteiger partial charge in [-0.3, -0.25) is 4.79 Å². The lowest BCUT2D eigenvalue weighted by molar-refractivity contribution is -0.136. The molecule has 0 rings (SSSR count). The van der Waals surface area contributed by atoms with Gasteiger partial charge in [0.1, 0.15) is 0 Å². The maximum absolute atomic E-state index is 10.2. The van der Waals surface area contributed by atoms with Crippen molar-refractivity contribution in [3.05, 3.63) is 36.5 Å². The summed E-state index contributed by atoms with van der Waals surface area (Å²) >= 11 is 0. The lowest BCUT2D eigenvalue weighted by atomic mass is 10.2. The number of hydrogen-bond acceptors (Lipinski definition) is 1. The Hall–Kier alpha value is -1.31. The van der Waals surface area contributed by atoms with Gasteiger partial charge in [0, 0.05) is 2.74 Å². The molecule has 0 atom stereocenters. The number of rotatable bonds is 7. The summed E-state index contributed by atoms with van der Waals surface area (Å²) in [4.78, 5) is 10.2. The number of carboxylic acids is 1. The Morgan fingerprint density at radius 2 is 1.86 bits per heavy atom. The largest absolute Gasteiger partial charge is 0.481 e. The number of carboxylic acid groups (broad SMARTS) is 1. The minimum atomic E-state index is -1.42.